The van der Waals surface area contributed by atoms with Crippen LogP contribution in [0.2, 0.25) is 0 Å². The number of carboxylic acids is 2. The molecule has 0 unspecified atom stereocenters. The van der Waals surface area contributed by atoms with E-state index in [1.807, 2.05) is 54.7 Å². The van der Waals surface area contributed by atoms with E-state index < -0.39 is 47.5 Å². The number of nitrogens with one attached hydrogen (secondary N) is 2. The molecule has 0 aliphatic heterocycles. The molecule has 0 heterocycles. The standard InChI is InChI=1S/C40H43F2N3O6S2.2Li/c1-25-6-4-5-7-32(25)34-20-27(10-13-33(34)38(47)44-36(40(50)51)15-17-53-3)23-45(24-28-18-30(41)21-31(42)19-28)22-26-8-11-29(12-9-26)37(46)43-35(39(48)49)14-16-52-2;;/h4-13,18-21,35-36H,14-17,22-24H2,1-3H3,(H,43,46)(H,44,47)(H,48,49)(H,50,51);;/q;2*+1/p-2/t35-,36-;;/m0../s1. The number of aliphatic carboxylic acids is 2. The number of rotatable bonds is 19. The maximum absolute atomic E-state index is 14.3. The van der Waals surface area contributed by atoms with Gasteiger partial charge in [0.25, 0.3) is 11.8 Å². The molecule has 4 aromatic carbocycles. The Morgan fingerprint density at radius 3 is 1.71 bits per heavy atom. The summed E-state index contributed by atoms with van der Waals surface area (Å²) in [5.74, 6) is -4.22. The van der Waals surface area contributed by atoms with Crippen molar-refractivity contribution < 1.29 is 75.9 Å². The van der Waals surface area contributed by atoms with Gasteiger partial charge in [0.05, 0.1) is 24.0 Å². The van der Waals surface area contributed by atoms with Crippen molar-refractivity contribution in [3.8, 4) is 11.1 Å². The molecule has 0 bridgehead atoms. The van der Waals surface area contributed by atoms with Crippen LogP contribution >= 0.6 is 23.5 Å². The maximum atomic E-state index is 14.3. The van der Waals surface area contributed by atoms with Crippen LogP contribution in [0.3, 0.4) is 0 Å². The molecule has 0 aliphatic carbocycles. The summed E-state index contributed by atoms with van der Waals surface area (Å²) >= 11 is 2.92. The summed E-state index contributed by atoms with van der Waals surface area (Å²) in [6.07, 6.45) is 4.10. The van der Waals surface area contributed by atoms with Gasteiger partial charge in [0.15, 0.2) is 0 Å². The van der Waals surface area contributed by atoms with Crippen molar-refractivity contribution in [2.45, 2.75) is 51.5 Å². The number of nitrogens with zero attached hydrogens (tertiary/aromatic N) is 1. The van der Waals surface area contributed by atoms with E-state index in [-0.39, 0.29) is 74.8 Å². The molecule has 0 saturated heterocycles. The minimum absolute atomic E-state index is 0. The molecule has 4 rings (SSSR count). The van der Waals surface area contributed by atoms with Crippen LogP contribution in [-0.2, 0) is 29.2 Å². The number of halogens is 2. The fraction of sp³-hybridized carbons (Fsp3) is 0.300. The normalized spacial score (nSPS) is 11.8. The smallest absolute Gasteiger partial charge is 0.548 e. The van der Waals surface area contributed by atoms with Crippen LogP contribution in [0.4, 0.5) is 8.78 Å². The van der Waals surface area contributed by atoms with Crippen LogP contribution in [0, 0.1) is 18.6 Å². The predicted molar refractivity (Wildman–Crippen MR) is 201 cm³/mol. The number of carbonyl (C=O) groups is 4. The van der Waals surface area contributed by atoms with Crippen molar-refractivity contribution in [2.24, 2.45) is 0 Å². The first kappa shape index (κ1) is 47.6. The molecule has 55 heavy (non-hydrogen) atoms. The van der Waals surface area contributed by atoms with Crippen molar-refractivity contribution in [1.29, 1.82) is 0 Å². The van der Waals surface area contributed by atoms with Crippen molar-refractivity contribution in [3.05, 3.63) is 130 Å². The van der Waals surface area contributed by atoms with E-state index in [0.717, 1.165) is 28.3 Å². The zero-order chi connectivity index (χ0) is 38.5. The average Bonchev–Trinajstić information content (AvgIpc) is 3.11. The molecule has 2 N–H and O–H groups in total. The zero-order valence-corrected chi connectivity index (χ0v) is 33.3. The molecule has 9 nitrogen and oxygen atoms in total. The molecule has 280 valence electrons. The van der Waals surface area contributed by atoms with E-state index in [9.17, 15) is 38.2 Å². The van der Waals surface area contributed by atoms with E-state index in [0.29, 0.717) is 29.2 Å². The summed E-state index contributed by atoms with van der Waals surface area (Å²) in [6.45, 7) is 2.62. The third-order valence-corrected chi connectivity index (χ3v) is 9.81. The Morgan fingerprint density at radius 2 is 1.16 bits per heavy atom. The first-order valence-electron chi connectivity index (χ1n) is 16.8. The van der Waals surface area contributed by atoms with Gasteiger partial charge in [-0.2, -0.15) is 23.5 Å². The molecule has 0 spiro atoms. The van der Waals surface area contributed by atoms with Gasteiger partial charge in [-0.05, 0) is 114 Å². The zero-order valence-electron chi connectivity index (χ0n) is 31.7. The maximum Gasteiger partial charge on any atom is 1.00 e. The molecular weight excluding hydrogens is 734 g/mol. The van der Waals surface area contributed by atoms with Crippen LogP contribution in [0.25, 0.3) is 11.1 Å². The molecular formula is C40H41F2Li2N3O6S2. The van der Waals surface area contributed by atoms with Gasteiger partial charge >= 0.3 is 37.7 Å². The number of hydrogen-bond donors (Lipinski definition) is 2. The van der Waals surface area contributed by atoms with Crippen LogP contribution in [-0.4, -0.2) is 64.8 Å². The second kappa shape index (κ2) is 23.5. The van der Waals surface area contributed by atoms with Gasteiger partial charge in [-0.3, -0.25) is 14.5 Å². The molecule has 0 aromatic heterocycles. The Bertz CT molecular complexity index is 1900. The van der Waals surface area contributed by atoms with Gasteiger partial charge in [-0.1, -0.05) is 42.5 Å². The molecule has 0 saturated carbocycles. The van der Waals surface area contributed by atoms with Gasteiger partial charge in [0.1, 0.15) is 11.6 Å². The van der Waals surface area contributed by atoms with Crippen LogP contribution < -0.4 is 58.6 Å². The van der Waals surface area contributed by atoms with Crippen LogP contribution in [0.15, 0.2) is 84.9 Å². The minimum Gasteiger partial charge on any atom is -0.548 e. The van der Waals surface area contributed by atoms with Gasteiger partial charge in [0, 0.05) is 36.8 Å². The first-order valence-corrected chi connectivity index (χ1v) is 19.6. The number of hydrogen-bond acceptors (Lipinski definition) is 9. The fourth-order valence-electron chi connectivity index (χ4n) is 5.84. The summed E-state index contributed by atoms with van der Waals surface area (Å²) in [4.78, 5) is 51.7. The SMILES string of the molecule is CSCC[C@H](NC(=O)c1ccc(CN(Cc2cc(F)cc(F)c2)Cc2ccc(C(=O)N[C@@H](CCSC)C(=O)[O-])c(-c3ccccc3C)c2)cc1)C(=O)[O-].[Li+].[Li+]. The predicted octanol–water partition coefficient (Wildman–Crippen LogP) is -1.65. The number of amides is 2. The van der Waals surface area contributed by atoms with Gasteiger partial charge < -0.3 is 30.4 Å². The summed E-state index contributed by atoms with van der Waals surface area (Å²) in [6, 6.07) is 20.4. The number of carbonyl (C=O) groups excluding carboxylic acids is 4. The molecule has 0 radical (unpaired) electrons. The van der Waals surface area contributed by atoms with E-state index in [2.05, 4.69) is 10.6 Å². The van der Waals surface area contributed by atoms with E-state index in [1.165, 1.54) is 35.7 Å². The second-order valence-corrected chi connectivity index (χ2v) is 14.5. The van der Waals surface area contributed by atoms with Gasteiger partial charge in [-0.15, -0.1) is 0 Å². The monoisotopic (exact) mass is 775 g/mol. The Morgan fingerprint density at radius 1 is 0.655 bits per heavy atom. The summed E-state index contributed by atoms with van der Waals surface area (Å²) < 4.78 is 28.5. The quantitative estimate of drug-likeness (QED) is 0.107. The van der Waals surface area contributed by atoms with Crippen LogP contribution in [0.5, 0.6) is 0 Å². The Hall–Kier alpha value is -3.53. The van der Waals surface area contributed by atoms with Crippen molar-refractivity contribution in [1.82, 2.24) is 15.5 Å². The third-order valence-electron chi connectivity index (χ3n) is 8.52. The Balaban J connectivity index is 0.00000523. The van der Waals surface area contributed by atoms with E-state index >= 15 is 0 Å². The molecule has 15 heteroatoms. The number of carboxylic acid groups (broad SMARTS) is 2. The topological polar surface area (TPSA) is 142 Å². The Kier molecular flexibility index (Phi) is 20.4. The second-order valence-electron chi connectivity index (χ2n) is 12.6. The van der Waals surface area contributed by atoms with Crippen LogP contribution in [0.1, 0.15) is 55.8 Å². The summed E-state index contributed by atoms with van der Waals surface area (Å²) in [7, 11) is 0. The molecule has 2 amide bonds. The van der Waals surface area contributed by atoms with E-state index in [4.69, 9.17) is 0 Å². The van der Waals surface area contributed by atoms with Crippen molar-refractivity contribution in [3.63, 3.8) is 0 Å². The molecule has 0 fully saturated rings. The first-order chi connectivity index (χ1) is 25.4. The Labute approximate surface area is 353 Å². The van der Waals surface area contributed by atoms with Crippen molar-refractivity contribution in [2.75, 3.05) is 24.0 Å². The number of benzene rings is 4. The summed E-state index contributed by atoms with van der Waals surface area (Å²) in [5, 5.41) is 28.5. The average molecular weight is 776 g/mol. The minimum atomic E-state index is -1.37. The molecule has 2 atom stereocenters. The number of thioether (sulfide) groups is 2. The van der Waals surface area contributed by atoms with E-state index in [1.54, 1.807) is 36.4 Å². The molecule has 4 aromatic rings. The van der Waals surface area contributed by atoms with Gasteiger partial charge in [0.2, 0.25) is 0 Å². The molecule has 0 aliphatic rings. The largest absolute Gasteiger partial charge is 1.00 e. The third kappa shape index (κ3) is 14.5. The van der Waals surface area contributed by atoms with Crippen molar-refractivity contribution >= 4 is 47.3 Å². The number of aryl methyl sites for hydroxylation is 1. The fourth-order valence-corrected chi connectivity index (χ4v) is 6.78. The van der Waals surface area contributed by atoms with Gasteiger partial charge in [-0.25, -0.2) is 8.78 Å². The summed E-state index contributed by atoms with van der Waals surface area (Å²) in [5.41, 5.74) is 4.72.